The van der Waals surface area contributed by atoms with Crippen LogP contribution in [0.15, 0.2) is 18.2 Å². The lowest BCUT2D eigenvalue weighted by atomic mass is 10.1. The van der Waals surface area contributed by atoms with Crippen LogP contribution in [0.2, 0.25) is 0 Å². The van der Waals surface area contributed by atoms with Crippen LogP contribution in [0, 0.1) is 5.82 Å². The minimum absolute atomic E-state index is 0. The van der Waals surface area contributed by atoms with Crippen LogP contribution < -0.4 is 15.5 Å². The van der Waals surface area contributed by atoms with E-state index in [0.29, 0.717) is 11.3 Å². The number of piperazine rings is 1. The van der Waals surface area contributed by atoms with Crippen LogP contribution in [0.4, 0.5) is 10.1 Å². The van der Waals surface area contributed by atoms with E-state index in [1.165, 1.54) is 6.07 Å². The zero-order valence-electron chi connectivity index (χ0n) is 11.8. The van der Waals surface area contributed by atoms with Gasteiger partial charge in [-0.05, 0) is 32.0 Å². The first kappa shape index (κ1) is 16.7. The number of amides is 1. The second-order valence-corrected chi connectivity index (χ2v) is 5.03. The SMILES string of the molecule is CC(C)NC(=O)c1ccc(N2CCNCC2)c(F)c1.Cl. The predicted octanol–water partition coefficient (Wildman–Crippen LogP) is 1.80. The van der Waals surface area contributed by atoms with Gasteiger partial charge < -0.3 is 15.5 Å². The number of rotatable bonds is 3. The van der Waals surface area contributed by atoms with Gasteiger partial charge in [0, 0.05) is 37.8 Å². The maximum atomic E-state index is 14.1. The highest BCUT2D eigenvalue weighted by atomic mass is 35.5. The van der Waals surface area contributed by atoms with Crippen molar-refractivity contribution in [3.8, 4) is 0 Å². The Bertz CT molecular complexity index is 462. The molecule has 1 aliphatic heterocycles. The number of carbonyl (C=O) groups excluding carboxylic acids is 1. The van der Waals surface area contributed by atoms with Gasteiger partial charge in [0.2, 0.25) is 0 Å². The van der Waals surface area contributed by atoms with Crippen LogP contribution in [-0.2, 0) is 0 Å². The molecule has 0 spiro atoms. The number of benzene rings is 1. The van der Waals surface area contributed by atoms with Crippen LogP contribution in [0.5, 0.6) is 0 Å². The van der Waals surface area contributed by atoms with Crippen LogP contribution in [0.1, 0.15) is 24.2 Å². The number of hydrogen-bond acceptors (Lipinski definition) is 3. The van der Waals surface area contributed by atoms with Gasteiger partial charge in [0.1, 0.15) is 5.82 Å². The van der Waals surface area contributed by atoms with Crippen molar-refractivity contribution in [1.82, 2.24) is 10.6 Å². The second-order valence-electron chi connectivity index (χ2n) is 5.03. The largest absolute Gasteiger partial charge is 0.367 e. The summed E-state index contributed by atoms with van der Waals surface area (Å²) >= 11 is 0. The third-order valence-corrected chi connectivity index (χ3v) is 3.09. The molecule has 1 fully saturated rings. The molecule has 1 heterocycles. The summed E-state index contributed by atoms with van der Waals surface area (Å²) in [5.41, 5.74) is 0.938. The molecule has 1 aromatic carbocycles. The number of hydrogen-bond donors (Lipinski definition) is 2. The van der Waals surface area contributed by atoms with Crippen molar-refractivity contribution in [1.29, 1.82) is 0 Å². The molecule has 2 rings (SSSR count). The molecule has 1 aliphatic rings. The Hall–Kier alpha value is -1.33. The standard InChI is InChI=1S/C14H20FN3O.ClH/c1-10(2)17-14(19)11-3-4-13(12(15)9-11)18-7-5-16-6-8-18;/h3-4,9-10,16H,5-8H2,1-2H3,(H,17,19);1H. The number of anilines is 1. The van der Waals surface area contributed by atoms with Gasteiger partial charge in [-0.3, -0.25) is 4.79 Å². The molecule has 0 unspecified atom stereocenters. The molecule has 0 radical (unpaired) electrons. The van der Waals surface area contributed by atoms with Gasteiger partial charge in [0.15, 0.2) is 0 Å². The monoisotopic (exact) mass is 301 g/mol. The predicted molar refractivity (Wildman–Crippen MR) is 81.3 cm³/mol. The van der Waals surface area contributed by atoms with Crippen LogP contribution in [0.25, 0.3) is 0 Å². The Labute approximate surface area is 125 Å². The van der Waals surface area contributed by atoms with Crippen molar-refractivity contribution < 1.29 is 9.18 Å². The summed E-state index contributed by atoms with van der Waals surface area (Å²) in [4.78, 5) is 13.8. The lowest BCUT2D eigenvalue weighted by Crippen LogP contribution is -2.43. The molecule has 0 saturated carbocycles. The normalized spacial score (nSPS) is 14.9. The fourth-order valence-electron chi connectivity index (χ4n) is 2.16. The summed E-state index contributed by atoms with van der Waals surface area (Å²) in [5.74, 6) is -0.570. The molecule has 1 saturated heterocycles. The highest BCUT2D eigenvalue weighted by Crippen LogP contribution is 2.21. The minimum Gasteiger partial charge on any atom is -0.367 e. The van der Waals surface area contributed by atoms with Gasteiger partial charge in [-0.2, -0.15) is 0 Å². The lowest BCUT2D eigenvalue weighted by Gasteiger charge is -2.29. The Morgan fingerprint density at radius 2 is 2.00 bits per heavy atom. The van der Waals surface area contributed by atoms with E-state index in [-0.39, 0.29) is 30.2 Å². The number of halogens is 2. The highest BCUT2D eigenvalue weighted by Gasteiger charge is 2.16. The molecular formula is C14H21ClFN3O. The number of carbonyl (C=O) groups is 1. The van der Waals surface area contributed by atoms with Crippen molar-refractivity contribution in [2.45, 2.75) is 19.9 Å². The van der Waals surface area contributed by atoms with Gasteiger partial charge in [-0.25, -0.2) is 4.39 Å². The maximum absolute atomic E-state index is 14.1. The van der Waals surface area contributed by atoms with Crippen LogP contribution in [0.3, 0.4) is 0 Å². The van der Waals surface area contributed by atoms with Gasteiger partial charge in [-0.1, -0.05) is 0 Å². The molecule has 0 bridgehead atoms. The van der Waals surface area contributed by atoms with E-state index in [2.05, 4.69) is 10.6 Å². The van der Waals surface area contributed by atoms with Crippen molar-refractivity contribution in [2.75, 3.05) is 31.1 Å². The fourth-order valence-corrected chi connectivity index (χ4v) is 2.16. The molecule has 0 aromatic heterocycles. The molecule has 1 amide bonds. The molecule has 20 heavy (non-hydrogen) atoms. The van der Waals surface area contributed by atoms with E-state index in [1.807, 2.05) is 18.7 Å². The summed E-state index contributed by atoms with van der Waals surface area (Å²) in [5, 5.41) is 5.98. The molecule has 2 N–H and O–H groups in total. The minimum atomic E-state index is -0.335. The van der Waals surface area contributed by atoms with Crippen LogP contribution in [-0.4, -0.2) is 38.1 Å². The second kappa shape index (κ2) is 7.45. The van der Waals surface area contributed by atoms with E-state index < -0.39 is 0 Å². The maximum Gasteiger partial charge on any atom is 0.251 e. The van der Waals surface area contributed by atoms with Crippen molar-refractivity contribution in [3.63, 3.8) is 0 Å². The zero-order chi connectivity index (χ0) is 13.8. The molecule has 0 atom stereocenters. The van der Waals surface area contributed by atoms with Gasteiger partial charge >= 0.3 is 0 Å². The van der Waals surface area contributed by atoms with Gasteiger partial charge in [0.25, 0.3) is 5.91 Å². The lowest BCUT2D eigenvalue weighted by molar-refractivity contribution is 0.0942. The first-order valence-electron chi connectivity index (χ1n) is 6.64. The first-order chi connectivity index (χ1) is 9.08. The van der Waals surface area contributed by atoms with E-state index >= 15 is 0 Å². The number of nitrogens with zero attached hydrogens (tertiary/aromatic N) is 1. The van der Waals surface area contributed by atoms with Gasteiger partial charge in [-0.15, -0.1) is 12.4 Å². The molecular weight excluding hydrogens is 281 g/mol. The Kier molecular flexibility index (Phi) is 6.23. The molecule has 1 aromatic rings. The number of nitrogens with one attached hydrogen (secondary N) is 2. The molecule has 0 aliphatic carbocycles. The van der Waals surface area contributed by atoms with Crippen molar-refractivity contribution >= 4 is 24.0 Å². The quantitative estimate of drug-likeness (QED) is 0.895. The Balaban J connectivity index is 0.00000200. The Morgan fingerprint density at radius 3 is 2.55 bits per heavy atom. The van der Waals surface area contributed by atoms with E-state index in [4.69, 9.17) is 0 Å². The summed E-state index contributed by atoms with van der Waals surface area (Å²) in [6.07, 6.45) is 0. The van der Waals surface area contributed by atoms with E-state index in [0.717, 1.165) is 26.2 Å². The first-order valence-corrected chi connectivity index (χ1v) is 6.64. The highest BCUT2D eigenvalue weighted by molar-refractivity contribution is 5.94. The third-order valence-electron chi connectivity index (χ3n) is 3.09. The third kappa shape index (κ3) is 4.08. The average molecular weight is 302 g/mol. The van der Waals surface area contributed by atoms with Crippen molar-refractivity contribution in [2.24, 2.45) is 0 Å². The topological polar surface area (TPSA) is 44.4 Å². The zero-order valence-corrected chi connectivity index (χ0v) is 12.6. The summed E-state index contributed by atoms with van der Waals surface area (Å²) in [6, 6.07) is 4.73. The van der Waals surface area contributed by atoms with E-state index in [1.54, 1.807) is 12.1 Å². The molecule has 6 heteroatoms. The average Bonchev–Trinajstić information content (AvgIpc) is 2.38. The Morgan fingerprint density at radius 1 is 1.35 bits per heavy atom. The van der Waals surface area contributed by atoms with Gasteiger partial charge in [0.05, 0.1) is 5.69 Å². The van der Waals surface area contributed by atoms with E-state index in [9.17, 15) is 9.18 Å². The fraction of sp³-hybridized carbons (Fsp3) is 0.500. The molecule has 4 nitrogen and oxygen atoms in total. The van der Waals surface area contributed by atoms with Crippen LogP contribution >= 0.6 is 12.4 Å². The van der Waals surface area contributed by atoms with Crippen molar-refractivity contribution in [3.05, 3.63) is 29.6 Å². The smallest absolute Gasteiger partial charge is 0.251 e. The summed E-state index contributed by atoms with van der Waals surface area (Å²) < 4.78 is 14.1. The summed E-state index contributed by atoms with van der Waals surface area (Å²) in [7, 11) is 0. The molecule has 112 valence electrons. The summed E-state index contributed by atoms with van der Waals surface area (Å²) in [6.45, 7) is 7.04.